The van der Waals surface area contributed by atoms with Crippen LogP contribution in [0.4, 0.5) is 5.69 Å². The number of nitrogens with zero attached hydrogens (tertiary/aromatic N) is 1. The number of rotatable bonds is 5. The molecule has 1 aliphatic rings. The van der Waals surface area contributed by atoms with Gasteiger partial charge >= 0.3 is 0 Å². The second-order valence-electron chi connectivity index (χ2n) is 5.27. The van der Waals surface area contributed by atoms with E-state index in [9.17, 15) is 8.42 Å². The molecule has 0 bridgehead atoms. The lowest BCUT2D eigenvalue weighted by molar-refractivity contribution is 0.0495. The first-order valence-electron chi connectivity index (χ1n) is 6.92. The Hall–Kier alpha value is -1.31. The van der Waals surface area contributed by atoms with Crippen LogP contribution in [0, 0.1) is 5.92 Å². The van der Waals surface area contributed by atoms with Gasteiger partial charge in [0.2, 0.25) is 10.0 Å². The van der Waals surface area contributed by atoms with Crippen LogP contribution in [0.5, 0.6) is 5.75 Å². The monoisotopic (exact) mass is 314 g/mol. The van der Waals surface area contributed by atoms with Crippen LogP contribution >= 0.6 is 0 Å². The minimum absolute atomic E-state index is 0.113. The molecule has 1 heterocycles. The van der Waals surface area contributed by atoms with Crippen LogP contribution in [0.1, 0.15) is 12.8 Å². The molecule has 0 spiro atoms. The molecule has 0 radical (unpaired) electrons. The largest absolute Gasteiger partial charge is 0.497 e. The zero-order chi connectivity index (χ0) is 15.5. The summed E-state index contributed by atoms with van der Waals surface area (Å²) < 4.78 is 37.0. The summed E-state index contributed by atoms with van der Waals surface area (Å²) in [6.07, 6.45) is 1.96. The Bertz CT molecular complexity index is 583. The van der Waals surface area contributed by atoms with Crippen LogP contribution in [0.2, 0.25) is 0 Å². The van der Waals surface area contributed by atoms with Crippen molar-refractivity contribution in [1.29, 1.82) is 0 Å². The number of methoxy groups -OCH3 is 1. The highest BCUT2D eigenvalue weighted by molar-refractivity contribution is 7.89. The average molecular weight is 314 g/mol. The average Bonchev–Trinajstić information content (AvgIpc) is 2.47. The molecule has 1 fully saturated rings. The number of hydrogen-bond acceptors (Lipinski definition) is 5. The maximum Gasteiger partial charge on any atom is 0.244 e. The fourth-order valence-corrected chi connectivity index (χ4v) is 3.81. The Balaban J connectivity index is 2.16. The fourth-order valence-electron chi connectivity index (χ4n) is 2.47. The predicted octanol–water partition coefficient (Wildman–Crippen LogP) is 1.32. The Morgan fingerprint density at radius 3 is 2.81 bits per heavy atom. The smallest absolute Gasteiger partial charge is 0.244 e. The van der Waals surface area contributed by atoms with E-state index in [-0.39, 0.29) is 16.5 Å². The molecule has 1 aromatic carbocycles. The molecule has 0 saturated carbocycles. The van der Waals surface area contributed by atoms with Crippen molar-refractivity contribution in [3.05, 3.63) is 18.2 Å². The first-order valence-corrected chi connectivity index (χ1v) is 8.36. The number of anilines is 1. The van der Waals surface area contributed by atoms with E-state index in [1.54, 1.807) is 13.1 Å². The molecule has 0 amide bonds. The van der Waals surface area contributed by atoms with Gasteiger partial charge in [0.1, 0.15) is 10.6 Å². The molecule has 1 atom stereocenters. The van der Waals surface area contributed by atoms with Gasteiger partial charge in [-0.1, -0.05) is 0 Å². The predicted molar refractivity (Wildman–Crippen MR) is 80.8 cm³/mol. The summed E-state index contributed by atoms with van der Waals surface area (Å²) in [5, 5.41) is 0. The van der Waals surface area contributed by atoms with Crippen LogP contribution in [-0.4, -0.2) is 46.6 Å². The van der Waals surface area contributed by atoms with Gasteiger partial charge in [-0.25, -0.2) is 12.7 Å². The summed E-state index contributed by atoms with van der Waals surface area (Å²) in [5.74, 6) is 0.771. The summed E-state index contributed by atoms with van der Waals surface area (Å²) in [6, 6.07) is 4.60. The quantitative estimate of drug-likeness (QED) is 0.829. The van der Waals surface area contributed by atoms with Crippen LogP contribution in [0.25, 0.3) is 0 Å². The van der Waals surface area contributed by atoms with E-state index in [0.717, 1.165) is 19.4 Å². The van der Waals surface area contributed by atoms with Crippen molar-refractivity contribution in [2.45, 2.75) is 17.7 Å². The lowest BCUT2D eigenvalue weighted by Crippen LogP contribution is -2.35. The highest BCUT2D eigenvalue weighted by atomic mass is 32.2. The number of hydrogen-bond donors (Lipinski definition) is 1. The first-order chi connectivity index (χ1) is 9.95. The summed E-state index contributed by atoms with van der Waals surface area (Å²) in [7, 11) is -0.508. The molecule has 1 unspecified atom stereocenters. The van der Waals surface area contributed by atoms with Crippen molar-refractivity contribution in [3.8, 4) is 5.75 Å². The molecule has 1 aliphatic heterocycles. The minimum atomic E-state index is -3.60. The zero-order valence-electron chi connectivity index (χ0n) is 12.4. The zero-order valence-corrected chi connectivity index (χ0v) is 13.2. The van der Waals surface area contributed by atoms with E-state index in [4.69, 9.17) is 15.2 Å². The van der Waals surface area contributed by atoms with Gasteiger partial charge in [-0.3, -0.25) is 0 Å². The van der Waals surface area contributed by atoms with Crippen molar-refractivity contribution in [1.82, 2.24) is 4.31 Å². The fraction of sp³-hybridized carbons (Fsp3) is 0.571. The van der Waals surface area contributed by atoms with Crippen molar-refractivity contribution in [2.75, 3.05) is 39.6 Å². The molecule has 0 aliphatic carbocycles. The van der Waals surface area contributed by atoms with E-state index in [0.29, 0.717) is 18.9 Å². The molecular weight excluding hydrogens is 292 g/mol. The second-order valence-corrected chi connectivity index (χ2v) is 7.29. The normalized spacial score (nSPS) is 19.7. The molecule has 7 heteroatoms. The molecule has 21 heavy (non-hydrogen) atoms. The Labute approximate surface area is 125 Å². The highest BCUT2D eigenvalue weighted by Gasteiger charge is 2.26. The lowest BCUT2D eigenvalue weighted by atomic mass is 10.0. The maximum atomic E-state index is 12.6. The third-order valence-corrected chi connectivity index (χ3v) is 5.57. The third kappa shape index (κ3) is 3.66. The van der Waals surface area contributed by atoms with Gasteiger partial charge in [0.25, 0.3) is 0 Å². The van der Waals surface area contributed by atoms with Gasteiger partial charge in [0.05, 0.1) is 19.4 Å². The molecule has 2 rings (SSSR count). The summed E-state index contributed by atoms with van der Waals surface area (Å²) >= 11 is 0. The van der Waals surface area contributed by atoms with Crippen LogP contribution < -0.4 is 10.5 Å². The van der Waals surface area contributed by atoms with Crippen molar-refractivity contribution >= 4 is 15.7 Å². The number of sulfonamides is 1. The van der Waals surface area contributed by atoms with Gasteiger partial charge in [-0.15, -0.1) is 0 Å². The first kappa shape index (κ1) is 16.1. The van der Waals surface area contributed by atoms with E-state index < -0.39 is 10.0 Å². The van der Waals surface area contributed by atoms with Crippen molar-refractivity contribution in [3.63, 3.8) is 0 Å². The third-order valence-electron chi connectivity index (χ3n) is 3.68. The van der Waals surface area contributed by atoms with Gasteiger partial charge in [0.15, 0.2) is 0 Å². The van der Waals surface area contributed by atoms with Crippen LogP contribution in [-0.2, 0) is 14.8 Å². The molecule has 2 N–H and O–H groups in total. The van der Waals surface area contributed by atoms with Crippen molar-refractivity contribution in [2.24, 2.45) is 5.92 Å². The van der Waals surface area contributed by atoms with Gasteiger partial charge < -0.3 is 15.2 Å². The molecule has 1 saturated heterocycles. The Morgan fingerprint density at radius 2 is 2.24 bits per heavy atom. The highest BCUT2D eigenvalue weighted by Crippen LogP contribution is 2.27. The minimum Gasteiger partial charge on any atom is -0.497 e. The van der Waals surface area contributed by atoms with Crippen LogP contribution in [0.3, 0.4) is 0 Å². The number of ether oxygens (including phenoxy) is 2. The molecule has 0 aromatic heterocycles. The Morgan fingerprint density at radius 1 is 1.48 bits per heavy atom. The summed E-state index contributed by atoms with van der Waals surface area (Å²) in [5.41, 5.74) is 6.04. The number of nitrogens with two attached hydrogens (primary N) is 1. The van der Waals surface area contributed by atoms with Gasteiger partial charge in [-0.2, -0.15) is 0 Å². The standard InChI is InChI=1S/C14H22N2O4S/c1-16(9-11-4-3-7-20-10-11)21(17,18)14-6-5-12(19-2)8-13(14)15/h5-6,8,11H,3-4,7,9-10,15H2,1-2H3. The van der Waals surface area contributed by atoms with E-state index in [2.05, 4.69) is 0 Å². The van der Waals surface area contributed by atoms with Gasteiger partial charge in [-0.05, 0) is 30.9 Å². The molecular formula is C14H22N2O4S. The van der Waals surface area contributed by atoms with Gasteiger partial charge in [0, 0.05) is 26.3 Å². The van der Waals surface area contributed by atoms with Crippen molar-refractivity contribution < 1.29 is 17.9 Å². The summed E-state index contributed by atoms with van der Waals surface area (Å²) in [4.78, 5) is 0.113. The molecule has 1 aromatic rings. The topological polar surface area (TPSA) is 81.9 Å². The van der Waals surface area contributed by atoms with Crippen LogP contribution in [0.15, 0.2) is 23.1 Å². The molecule has 118 valence electrons. The Kier molecular flexibility index (Phi) is 5.08. The summed E-state index contributed by atoms with van der Waals surface area (Å²) in [6.45, 7) is 1.81. The molecule has 6 nitrogen and oxygen atoms in total. The second kappa shape index (κ2) is 6.64. The van der Waals surface area contributed by atoms with E-state index in [1.807, 2.05) is 0 Å². The van der Waals surface area contributed by atoms with E-state index in [1.165, 1.54) is 23.5 Å². The van der Waals surface area contributed by atoms with E-state index >= 15 is 0 Å². The number of nitrogen functional groups attached to an aromatic ring is 1. The number of benzene rings is 1. The maximum absolute atomic E-state index is 12.6. The lowest BCUT2D eigenvalue weighted by Gasteiger charge is -2.27. The SMILES string of the molecule is COc1ccc(S(=O)(=O)N(C)CC2CCCOC2)c(N)c1.